The van der Waals surface area contributed by atoms with Gasteiger partial charge in [0.05, 0.1) is 13.2 Å². The molecule has 1 unspecified atom stereocenters. The van der Waals surface area contributed by atoms with Crippen LogP contribution in [0.4, 0.5) is 10.5 Å². The second-order valence-corrected chi connectivity index (χ2v) is 8.20. The molecular weight excluding hydrogens is 464 g/mol. The molecule has 1 aromatic rings. The van der Waals surface area contributed by atoms with Crippen molar-refractivity contribution in [1.82, 2.24) is 16.0 Å². The van der Waals surface area contributed by atoms with Gasteiger partial charge in [0.2, 0.25) is 17.7 Å². The van der Waals surface area contributed by atoms with Crippen LogP contribution in [0.3, 0.4) is 0 Å². The standard InChI is InChI=1S/C17H25N3O4.C4H10N2O.C4H11N/c1-4-14(22)20-16(11(2)3)17(24)18-9-15(23)19-13-7-5-12(10-21)6-8-13;1-2-3-6-4(5)7;1-2-3-4-5/h5-8,11,16,21H,4,9-10H2,1-3H3,(H,18,24)(H,19,23)(H,20,22);2-3H2,1H3,(H3,5,6,7);2-5H2,1H3. The molecule has 0 aliphatic heterocycles. The van der Waals surface area contributed by atoms with Crippen LogP contribution >= 0.6 is 0 Å². The highest BCUT2D eigenvalue weighted by molar-refractivity contribution is 5.96. The molecule has 36 heavy (non-hydrogen) atoms. The number of nitrogens with two attached hydrogens (primary N) is 2. The third-order valence-corrected chi connectivity index (χ3v) is 4.54. The number of hydrogen-bond acceptors (Lipinski definition) is 6. The number of aliphatic hydroxyl groups excluding tert-OH is 1. The number of rotatable bonds is 12. The van der Waals surface area contributed by atoms with Crippen molar-refractivity contribution in [2.24, 2.45) is 17.4 Å². The average molecular weight is 511 g/mol. The minimum atomic E-state index is -0.672. The summed E-state index contributed by atoms with van der Waals surface area (Å²) in [6.45, 7) is 10.7. The predicted octanol–water partition coefficient (Wildman–Crippen LogP) is 1.59. The molecule has 0 bridgehead atoms. The number of carbonyl (C=O) groups is 4. The first-order valence-corrected chi connectivity index (χ1v) is 12.4. The molecule has 0 heterocycles. The average Bonchev–Trinajstić information content (AvgIpc) is 2.85. The van der Waals surface area contributed by atoms with Crippen LogP contribution in [0.5, 0.6) is 0 Å². The molecule has 0 saturated heterocycles. The van der Waals surface area contributed by atoms with Crippen LogP contribution in [0, 0.1) is 5.92 Å². The number of primary amides is 1. The SMILES string of the molecule is CCC(=O)NC(C(=O)NCC(=O)Nc1ccc(CO)cc1)C(C)C.CCCCN.CCCNC(N)=O. The van der Waals surface area contributed by atoms with Crippen molar-refractivity contribution in [2.75, 3.05) is 25.0 Å². The Kier molecular flexibility index (Phi) is 21.7. The van der Waals surface area contributed by atoms with Crippen molar-refractivity contribution in [3.05, 3.63) is 29.8 Å². The van der Waals surface area contributed by atoms with Crippen LogP contribution in [-0.2, 0) is 21.0 Å². The number of anilines is 1. The summed E-state index contributed by atoms with van der Waals surface area (Å²) in [5, 5.41) is 19.2. The Labute approximate surface area is 215 Å². The van der Waals surface area contributed by atoms with Crippen molar-refractivity contribution in [3.8, 4) is 0 Å². The molecule has 11 heteroatoms. The largest absolute Gasteiger partial charge is 0.392 e. The van der Waals surface area contributed by atoms with Gasteiger partial charge in [-0.15, -0.1) is 0 Å². The number of urea groups is 1. The topological polar surface area (TPSA) is 189 Å². The minimum absolute atomic E-state index is 0.0651. The van der Waals surface area contributed by atoms with E-state index in [-0.39, 0.29) is 30.9 Å². The maximum Gasteiger partial charge on any atom is 0.312 e. The first-order chi connectivity index (χ1) is 17.1. The highest BCUT2D eigenvalue weighted by atomic mass is 16.3. The fourth-order valence-corrected chi connectivity index (χ4v) is 2.44. The van der Waals surface area contributed by atoms with Gasteiger partial charge in [0.25, 0.3) is 0 Å². The van der Waals surface area contributed by atoms with E-state index in [9.17, 15) is 19.2 Å². The zero-order chi connectivity index (χ0) is 27.9. The number of benzene rings is 1. The van der Waals surface area contributed by atoms with Gasteiger partial charge < -0.3 is 37.8 Å². The van der Waals surface area contributed by atoms with Gasteiger partial charge in [0.1, 0.15) is 6.04 Å². The Bertz CT molecular complexity index is 754. The van der Waals surface area contributed by atoms with E-state index in [0.717, 1.165) is 18.5 Å². The lowest BCUT2D eigenvalue weighted by atomic mass is 10.0. The molecule has 1 atom stereocenters. The highest BCUT2D eigenvalue weighted by Crippen LogP contribution is 2.09. The Balaban J connectivity index is 0. The lowest BCUT2D eigenvalue weighted by molar-refractivity contribution is -0.130. The van der Waals surface area contributed by atoms with Gasteiger partial charge in [-0.25, -0.2) is 4.79 Å². The van der Waals surface area contributed by atoms with Crippen molar-refractivity contribution in [1.29, 1.82) is 0 Å². The van der Waals surface area contributed by atoms with Gasteiger partial charge in [-0.2, -0.15) is 0 Å². The van der Waals surface area contributed by atoms with Crippen molar-refractivity contribution >= 4 is 29.4 Å². The molecule has 9 N–H and O–H groups in total. The molecule has 0 saturated carbocycles. The molecule has 0 aromatic heterocycles. The van der Waals surface area contributed by atoms with Crippen LogP contribution in [0.15, 0.2) is 24.3 Å². The van der Waals surface area contributed by atoms with E-state index in [1.165, 1.54) is 12.8 Å². The Morgan fingerprint density at radius 1 is 0.944 bits per heavy atom. The molecule has 0 spiro atoms. The number of aliphatic hydroxyl groups is 1. The predicted molar refractivity (Wildman–Crippen MR) is 143 cm³/mol. The highest BCUT2D eigenvalue weighted by Gasteiger charge is 2.23. The number of nitrogens with one attached hydrogen (secondary N) is 4. The van der Waals surface area contributed by atoms with E-state index in [2.05, 4.69) is 28.2 Å². The van der Waals surface area contributed by atoms with Gasteiger partial charge in [-0.05, 0) is 43.0 Å². The summed E-state index contributed by atoms with van der Waals surface area (Å²) in [7, 11) is 0. The molecule has 206 valence electrons. The van der Waals surface area contributed by atoms with E-state index in [4.69, 9.17) is 16.6 Å². The van der Waals surface area contributed by atoms with Crippen molar-refractivity contribution in [2.45, 2.75) is 73.0 Å². The zero-order valence-electron chi connectivity index (χ0n) is 22.4. The van der Waals surface area contributed by atoms with Crippen LogP contribution in [0.1, 0.15) is 65.9 Å². The number of amides is 5. The number of unbranched alkanes of at least 4 members (excludes halogenated alkanes) is 1. The van der Waals surface area contributed by atoms with E-state index >= 15 is 0 Å². The fraction of sp³-hybridized carbons (Fsp3) is 0.600. The third kappa shape index (κ3) is 19.2. The first-order valence-electron chi connectivity index (χ1n) is 12.4. The first kappa shape index (κ1) is 35.0. The number of hydrogen-bond donors (Lipinski definition) is 7. The van der Waals surface area contributed by atoms with E-state index in [1.807, 2.05) is 20.8 Å². The Hall–Kier alpha value is -3.18. The molecular formula is C25H46N6O5. The summed E-state index contributed by atoms with van der Waals surface area (Å²) < 4.78 is 0. The fourth-order valence-electron chi connectivity index (χ4n) is 2.44. The maximum atomic E-state index is 12.1. The summed E-state index contributed by atoms with van der Waals surface area (Å²) in [5.74, 6) is -1.06. The monoisotopic (exact) mass is 510 g/mol. The van der Waals surface area contributed by atoms with Gasteiger partial charge in [-0.1, -0.05) is 53.2 Å². The third-order valence-electron chi connectivity index (χ3n) is 4.54. The van der Waals surface area contributed by atoms with Gasteiger partial charge in [0.15, 0.2) is 0 Å². The van der Waals surface area contributed by atoms with E-state index in [0.29, 0.717) is 18.7 Å². The molecule has 11 nitrogen and oxygen atoms in total. The summed E-state index contributed by atoms with van der Waals surface area (Å²) in [4.78, 5) is 45.4. The Morgan fingerprint density at radius 2 is 1.56 bits per heavy atom. The molecule has 5 amide bonds. The summed E-state index contributed by atoms with van der Waals surface area (Å²) in [5.41, 5.74) is 11.2. The normalized spacial score (nSPS) is 10.6. The molecule has 1 rings (SSSR count). The second kappa shape index (κ2) is 22.3. The molecule has 0 fully saturated rings. The summed E-state index contributed by atoms with van der Waals surface area (Å²) in [6.07, 6.45) is 3.61. The molecule has 0 radical (unpaired) electrons. The lowest BCUT2D eigenvalue weighted by Crippen LogP contribution is -2.50. The summed E-state index contributed by atoms with van der Waals surface area (Å²) >= 11 is 0. The van der Waals surface area contributed by atoms with E-state index < -0.39 is 18.0 Å². The lowest BCUT2D eigenvalue weighted by Gasteiger charge is -2.21. The van der Waals surface area contributed by atoms with E-state index in [1.54, 1.807) is 31.2 Å². The van der Waals surface area contributed by atoms with Crippen LogP contribution in [-0.4, -0.2) is 54.5 Å². The van der Waals surface area contributed by atoms with Crippen LogP contribution in [0.2, 0.25) is 0 Å². The molecule has 0 aliphatic carbocycles. The van der Waals surface area contributed by atoms with Crippen molar-refractivity contribution < 1.29 is 24.3 Å². The quantitative estimate of drug-likeness (QED) is 0.223. The van der Waals surface area contributed by atoms with Crippen molar-refractivity contribution in [3.63, 3.8) is 0 Å². The van der Waals surface area contributed by atoms with Crippen LogP contribution in [0.25, 0.3) is 0 Å². The molecule has 0 aliphatic rings. The maximum absolute atomic E-state index is 12.1. The zero-order valence-corrected chi connectivity index (χ0v) is 22.4. The second-order valence-electron chi connectivity index (χ2n) is 8.20. The smallest absolute Gasteiger partial charge is 0.312 e. The number of carbonyl (C=O) groups excluding carboxylic acids is 4. The van der Waals surface area contributed by atoms with Crippen LogP contribution < -0.4 is 32.7 Å². The molecule has 1 aromatic carbocycles. The van der Waals surface area contributed by atoms with Gasteiger partial charge in [-0.3, -0.25) is 14.4 Å². The van der Waals surface area contributed by atoms with Gasteiger partial charge in [0, 0.05) is 18.7 Å². The Morgan fingerprint density at radius 3 is 1.92 bits per heavy atom. The summed E-state index contributed by atoms with van der Waals surface area (Å²) in [6, 6.07) is 5.62. The van der Waals surface area contributed by atoms with Gasteiger partial charge >= 0.3 is 6.03 Å². The minimum Gasteiger partial charge on any atom is -0.392 e.